The number of hydrogen-bond acceptors (Lipinski definition) is 2. The molecule has 0 bridgehead atoms. The number of hydrogen-bond donors (Lipinski definition) is 1. The van der Waals surface area contributed by atoms with Crippen molar-refractivity contribution in [1.29, 1.82) is 0 Å². The molecular weight excluding hydrogens is 298 g/mol. The van der Waals surface area contributed by atoms with Crippen LogP contribution in [0.15, 0.2) is 48.5 Å². The third-order valence-electron chi connectivity index (χ3n) is 4.32. The highest BCUT2D eigenvalue weighted by molar-refractivity contribution is 5.80. The molecule has 2 aromatic carbocycles. The minimum Gasteiger partial charge on any atom is -0.481 e. The summed E-state index contributed by atoms with van der Waals surface area (Å²) in [5, 5.41) is 2.94. The maximum absolute atomic E-state index is 12.3. The van der Waals surface area contributed by atoms with Crippen LogP contribution in [-0.4, -0.2) is 12.0 Å². The highest BCUT2D eigenvalue weighted by Crippen LogP contribution is 2.29. The zero-order valence-electron chi connectivity index (χ0n) is 15.0. The summed E-state index contributed by atoms with van der Waals surface area (Å²) in [6, 6.07) is 16.1. The molecule has 1 N–H and O–H groups in total. The molecule has 0 spiro atoms. The van der Waals surface area contributed by atoms with Crippen molar-refractivity contribution in [3.05, 3.63) is 65.2 Å². The van der Waals surface area contributed by atoms with E-state index in [1.54, 1.807) is 6.92 Å². The van der Waals surface area contributed by atoms with Crippen LogP contribution in [0.5, 0.6) is 5.75 Å². The lowest BCUT2D eigenvalue weighted by molar-refractivity contribution is -0.127. The van der Waals surface area contributed by atoms with Crippen LogP contribution in [0.4, 0.5) is 0 Å². The first kappa shape index (κ1) is 18.1. The van der Waals surface area contributed by atoms with Gasteiger partial charge in [0.15, 0.2) is 6.10 Å². The smallest absolute Gasteiger partial charge is 0.261 e. The van der Waals surface area contributed by atoms with Gasteiger partial charge in [0.1, 0.15) is 5.75 Å². The second-order valence-corrected chi connectivity index (χ2v) is 6.31. The Labute approximate surface area is 145 Å². The summed E-state index contributed by atoms with van der Waals surface area (Å²) in [6.45, 7) is 8.67. The number of aryl methyl sites for hydroxylation is 1. The molecule has 0 aliphatic rings. The van der Waals surface area contributed by atoms with E-state index in [1.807, 2.05) is 49.4 Å². The van der Waals surface area contributed by atoms with E-state index in [-0.39, 0.29) is 5.91 Å². The molecule has 0 saturated carbocycles. The van der Waals surface area contributed by atoms with Gasteiger partial charge in [0.25, 0.3) is 5.91 Å². The Balaban J connectivity index is 1.95. The van der Waals surface area contributed by atoms with E-state index >= 15 is 0 Å². The van der Waals surface area contributed by atoms with E-state index in [2.05, 4.69) is 25.2 Å². The molecule has 0 radical (unpaired) electrons. The van der Waals surface area contributed by atoms with Crippen LogP contribution >= 0.6 is 0 Å². The fourth-order valence-corrected chi connectivity index (χ4v) is 2.50. The molecule has 0 aliphatic carbocycles. The number of carbonyl (C=O) groups excluding carboxylic acids is 1. The fourth-order valence-electron chi connectivity index (χ4n) is 2.50. The molecule has 128 valence electrons. The number of amides is 1. The Morgan fingerprint density at radius 3 is 2.42 bits per heavy atom. The van der Waals surface area contributed by atoms with Crippen LogP contribution in [0.25, 0.3) is 0 Å². The monoisotopic (exact) mass is 325 g/mol. The van der Waals surface area contributed by atoms with Gasteiger partial charge in [-0.1, -0.05) is 61.9 Å². The van der Waals surface area contributed by atoms with Gasteiger partial charge in [-0.3, -0.25) is 4.79 Å². The third kappa shape index (κ3) is 4.85. The van der Waals surface area contributed by atoms with E-state index in [0.717, 1.165) is 23.3 Å². The summed E-state index contributed by atoms with van der Waals surface area (Å²) in [5.74, 6) is 1.10. The number of rotatable bonds is 7. The van der Waals surface area contributed by atoms with E-state index < -0.39 is 6.10 Å². The first-order chi connectivity index (χ1) is 11.5. The molecule has 0 fully saturated rings. The molecule has 0 heterocycles. The SMILES string of the molecule is CCC(C)c1ccccc1OC(C)C(=O)NCc1ccc(C)cc1. The molecule has 2 aromatic rings. The summed E-state index contributed by atoms with van der Waals surface area (Å²) in [6.07, 6.45) is 0.509. The maximum atomic E-state index is 12.3. The summed E-state index contributed by atoms with van der Waals surface area (Å²) >= 11 is 0. The van der Waals surface area contributed by atoms with Crippen LogP contribution < -0.4 is 10.1 Å². The molecule has 1 amide bonds. The van der Waals surface area contributed by atoms with Gasteiger partial charge >= 0.3 is 0 Å². The number of para-hydroxylation sites is 1. The number of carbonyl (C=O) groups is 1. The van der Waals surface area contributed by atoms with Gasteiger partial charge in [0.2, 0.25) is 0 Å². The lowest BCUT2D eigenvalue weighted by Gasteiger charge is -2.19. The zero-order valence-corrected chi connectivity index (χ0v) is 15.0. The Morgan fingerprint density at radius 2 is 1.75 bits per heavy atom. The molecule has 24 heavy (non-hydrogen) atoms. The minimum absolute atomic E-state index is 0.102. The van der Waals surface area contributed by atoms with Gasteiger partial charge < -0.3 is 10.1 Å². The largest absolute Gasteiger partial charge is 0.481 e. The summed E-state index contributed by atoms with van der Waals surface area (Å²) in [5.41, 5.74) is 3.45. The topological polar surface area (TPSA) is 38.3 Å². The Kier molecular flexibility index (Phi) is 6.42. The van der Waals surface area contributed by atoms with Crippen LogP contribution in [0.1, 0.15) is 49.8 Å². The zero-order chi connectivity index (χ0) is 17.5. The predicted octanol–water partition coefficient (Wildman–Crippen LogP) is 4.59. The van der Waals surface area contributed by atoms with Crippen molar-refractivity contribution in [2.24, 2.45) is 0 Å². The molecule has 2 atom stereocenters. The van der Waals surface area contributed by atoms with Crippen LogP contribution in [-0.2, 0) is 11.3 Å². The van der Waals surface area contributed by atoms with Gasteiger partial charge in [0.05, 0.1) is 0 Å². The standard InChI is InChI=1S/C21H27NO2/c1-5-16(3)19-8-6-7-9-20(19)24-17(4)21(23)22-14-18-12-10-15(2)11-13-18/h6-13,16-17H,5,14H2,1-4H3,(H,22,23). The highest BCUT2D eigenvalue weighted by Gasteiger charge is 2.17. The van der Waals surface area contributed by atoms with Crippen LogP contribution in [0, 0.1) is 6.92 Å². The number of benzene rings is 2. The lowest BCUT2D eigenvalue weighted by Crippen LogP contribution is -2.36. The molecule has 3 nitrogen and oxygen atoms in total. The summed E-state index contributed by atoms with van der Waals surface area (Å²) < 4.78 is 5.93. The second kappa shape index (κ2) is 8.53. The van der Waals surface area contributed by atoms with E-state index in [4.69, 9.17) is 4.74 Å². The van der Waals surface area contributed by atoms with E-state index in [9.17, 15) is 4.79 Å². The van der Waals surface area contributed by atoms with Crippen molar-refractivity contribution in [3.8, 4) is 5.75 Å². The van der Waals surface area contributed by atoms with Crippen LogP contribution in [0.2, 0.25) is 0 Å². The summed E-state index contributed by atoms with van der Waals surface area (Å²) in [7, 11) is 0. The number of ether oxygens (including phenoxy) is 1. The first-order valence-electron chi connectivity index (χ1n) is 8.60. The first-order valence-corrected chi connectivity index (χ1v) is 8.60. The van der Waals surface area contributed by atoms with Crippen molar-refractivity contribution >= 4 is 5.91 Å². The van der Waals surface area contributed by atoms with E-state index in [1.165, 1.54) is 5.56 Å². The molecule has 0 aliphatic heterocycles. The van der Waals surface area contributed by atoms with Gasteiger partial charge in [-0.05, 0) is 43.4 Å². The molecule has 0 aromatic heterocycles. The second-order valence-electron chi connectivity index (χ2n) is 6.31. The van der Waals surface area contributed by atoms with Gasteiger partial charge in [0, 0.05) is 6.54 Å². The van der Waals surface area contributed by atoms with Crippen LogP contribution in [0.3, 0.4) is 0 Å². The quantitative estimate of drug-likeness (QED) is 0.808. The van der Waals surface area contributed by atoms with Crippen molar-refractivity contribution in [3.63, 3.8) is 0 Å². The number of nitrogens with one attached hydrogen (secondary N) is 1. The van der Waals surface area contributed by atoms with Crippen molar-refractivity contribution in [2.75, 3.05) is 0 Å². The van der Waals surface area contributed by atoms with E-state index in [0.29, 0.717) is 12.5 Å². The van der Waals surface area contributed by atoms with Gasteiger partial charge in [-0.25, -0.2) is 0 Å². The molecular formula is C21H27NO2. The van der Waals surface area contributed by atoms with Gasteiger partial charge in [-0.2, -0.15) is 0 Å². The predicted molar refractivity (Wildman–Crippen MR) is 98.3 cm³/mol. The highest BCUT2D eigenvalue weighted by atomic mass is 16.5. The maximum Gasteiger partial charge on any atom is 0.261 e. The van der Waals surface area contributed by atoms with Crippen molar-refractivity contribution in [2.45, 2.75) is 52.7 Å². The third-order valence-corrected chi connectivity index (χ3v) is 4.32. The average molecular weight is 325 g/mol. The molecule has 0 saturated heterocycles. The Hall–Kier alpha value is -2.29. The Bertz CT molecular complexity index is 664. The average Bonchev–Trinajstić information content (AvgIpc) is 2.60. The lowest BCUT2D eigenvalue weighted by atomic mass is 9.98. The molecule has 2 unspecified atom stereocenters. The Morgan fingerprint density at radius 1 is 1.08 bits per heavy atom. The van der Waals surface area contributed by atoms with Crippen molar-refractivity contribution in [1.82, 2.24) is 5.32 Å². The molecule has 2 rings (SSSR count). The summed E-state index contributed by atoms with van der Waals surface area (Å²) in [4.78, 5) is 12.3. The van der Waals surface area contributed by atoms with Crippen molar-refractivity contribution < 1.29 is 9.53 Å². The molecule has 3 heteroatoms. The minimum atomic E-state index is -0.527. The van der Waals surface area contributed by atoms with Gasteiger partial charge in [-0.15, -0.1) is 0 Å². The fraction of sp³-hybridized carbons (Fsp3) is 0.381. The normalized spacial score (nSPS) is 13.2.